The molecule has 154 valence electrons. The van der Waals surface area contributed by atoms with E-state index in [1.165, 1.54) is 40.4 Å². The molecule has 7 nitrogen and oxygen atoms in total. The van der Waals surface area contributed by atoms with Crippen LogP contribution in [0.25, 0.3) is 10.8 Å². The fourth-order valence-corrected chi connectivity index (χ4v) is 3.83. The summed E-state index contributed by atoms with van der Waals surface area (Å²) in [4.78, 5) is 28.7. The summed E-state index contributed by atoms with van der Waals surface area (Å²) in [5.41, 5.74) is -0.423. The van der Waals surface area contributed by atoms with E-state index in [-0.39, 0.29) is 12.5 Å². The lowest BCUT2D eigenvalue weighted by Gasteiger charge is -2.45. The average Bonchev–Trinajstić information content (AvgIpc) is 2.71. The smallest absolute Gasteiger partial charge is 0.265 e. The first-order valence-electron chi connectivity index (χ1n) is 9.35. The highest BCUT2D eigenvalue weighted by atomic mass is 19.1. The van der Waals surface area contributed by atoms with E-state index in [9.17, 15) is 19.2 Å². The summed E-state index contributed by atoms with van der Waals surface area (Å²) < 4.78 is 20.2. The molecule has 0 saturated heterocycles. The highest BCUT2D eigenvalue weighted by molar-refractivity contribution is 6.15. The van der Waals surface area contributed by atoms with Crippen LogP contribution in [0.4, 0.5) is 15.8 Å². The van der Waals surface area contributed by atoms with Gasteiger partial charge in [-0.3, -0.25) is 14.5 Å². The molecule has 30 heavy (non-hydrogen) atoms. The molecule has 0 saturated carbocycles. The fraction of sp³-hybridized carbons (Fsp3) is 0.227. The Hall–Kier alpha value is -3.68. The molecule has 3 aromatic rings. The maximum atomic E-state index is 13.8. The third-order valence-corrected chi connectivity index (χ3v) is 5.28. The molecule has 8 heteroatoms. The third-order valence-electron chi connectivity index (χ3n) is 5.28. The first kappa shape index (κ1) is 19.6. The monoisotopic (exact) mass is 409 g/mol. The van der Waals surface area contributed by atoms with Crippen LogP contribution in [0.2, 0.25) is 0 Å². The van der Waals surface area contributed by atoms with Crippen molar-refractivity contribution in [3.8, 4) is 5.75 Å². The van der Waals surface area contributed by atoms with Gasteiger partial charge >= 0.3 is 0 Å². The van der Waals surface area contributed by atoms with Crippen LogP contribution in [0.3, 0.4) is 0 Å². The van der Waals surface area contributed by atoms with Crippen LogP contribution in [0.5, 0.6) is 5.75 Å². The quantitative estimate of drug-likeness (QED) is 0.492. The normalized spacial score (nSPS) is 15.3. The Morgan fingerprint density at radius 2 is 1.97 bits per heavy atom. The van der Waals surface area contributed by atoms with Crippen molar-refractivity contribution in [1.29, 1.82) is 0 Å². The van der Waals surface area contributed by atoms with Gasteiger partial charge in [0.1, 0.15) is 17.1 Å². The summed E-state index contributed by atoms with van der Waals surface area (Å²) in [5, 5.41) is 12.9. The number of pyridine rings is 1. The molecule has 0 N–H and O–H groups in total. The van der Waals surface area contributed by atoms with Gasteiger partial charge in [-0.15, -0.1) is 0 Å². The van der Waals surface area contributed by atoms with Crippen molar-refractivity contribution >= 4 is 34.0 Å². The summed E-state index contributed by atoms with van der Waals surface area (Å²) in [7, 11) is 1.55. The number of ether oxygens (including phenoxy) is 1. The largest absolute Gasteiger partial charge is 0.619 e. The number of carbonyl (C=O) groups is 2. The van der Waals surface area contributed by atoms with Crippen LogP contribution in [0.1, 0.15) is 13.8 Å². The number of benzene rings is 2. The van der Waals surface area contributed by atoms with Crippen LogP contribution < -0.4 is 19.3 Å². The lowest BCUT2D eigenvalue weighted by molar-refractivity contribution is -0.603. The van der Waals surface area contributed by atoms with E-state index >= 15 is 0 Å². The van der Waals surface area contributed by atoms with Crippen molar-refractivity contribution in [2.45, 2.75) is 19.4 Å². The number of halogens is 1. The van der Waals surface area contributed by atoms with Gasteiger partial charge in [0.2, 0.25) is 0 Å². The first-order valence-corrected chi connectivity index (χ1v) is 9.35. The van der Waals surface area contributed by atoms with Crippen LogP contribution >= 0.6 is 0 Å². The molecule has 0 radical (unpaired) electrons. The number of fused-ring (bicyclic) bond motifs is 2. The number of nitrogens with zero attached hydrogens (tertiary/aromatic N) is 3. The molecule has 1 aliphatic rings. The lowest BCUT2D eigenvalue weighted by atomic mass is 9.95. The van der Waals surface area contributed by atoms with E-state index in [4.69, 9.17) is 4.74 Å². The number of rotatable bonds is 3. The predicted molar refractivity (Wildman–Crippen MR) is 110 cm³/mol. The fourth-order valence-electron chi connectivity index (χ4n) is 3.83. The molecule has 2 aromatic carbocycles. The number of carbonyl (C=O) groups excluding carboxylic acids is 2. The van der Waals surface area contributed by atoms with Crippen molar-refractivity contribution in [2.24, 2.45) is 0 Å². The zero-order chi connectivity index (χ0) is 21.6. The second kappa shape index (κ2) is 6.98. The minimum atomic E-state index is -1.17. The number of hydrogen-bond donors (Lipinski definition) is 0. The maximum absolute atomic E-state index is 13.8. The minimum Gasteiger partial charge on any atom is -0.619 e. The topological polar surface area (TPSA) is 76.8 Å². The van der Waals surface area contributed by atoms with E-state index in [0.29, 0.717) is 32.6 Å². The summed E-state index contributed by atoms with van der Waals surface area (Å²) in [5.74, 6) is -0.831. The summed E-state index contributed by atoms with van der Waals surface area (Å²) in [6, 6.07) is 10.8. The van der Waals surface area contributed by atoms with Gasteiger partial charge in [-0.1, -0.05) is 6.07 Å². The van der Waals surface area contributed by atoms with Gasteiger partial charge in [-0.05, 0) is 44.2 Å². The molecule has 0 fully saturated rings. The minimum absolute atomic E-state index is 0.317. The Kier molecular flexibility index (Phi) is 4.57. The van der Waals surface area contributed by atoms with Gasteiger partial charge in [0, 0.05) is 18.5 Å². The molecule has 1 aromatic heterocycles. The maximum Gasteiger partial charge on any atom is 0.265 e. The second-order valence-electron chi connectivity index (χ2n) is 7.64. The van der Waals surface area contributed by atoms with E-state index in [1.54, 1.807) is 45.2 Å². The summed E-state index contributed by atoms with van der Waals surface area (Å²) in [6.45, 7) is 2.95. The van der Waals surface area contributed by atoms with Gasteiger partial charge in [-0.25, -0.2) is 4.39 Å². The Bertz CT molecular complexity index is 1180. The molecule has 4 rings (SSSR count). The third kappa shape index (κ3) is 3.10. The van der Waals surface area contributed by atoms with E-state index in [2.05, 4.69) is 0 Å². The van der Waals surface area contributed by atoms with Gasteiger partial charge < -0.3 is 14.8 Å². The summed E-state index contributed by atoms with van der Waals surface area (Å²) in [6.07, 6.45) is 2.76. The van der Waals surface area contributed by atoms with E-state index in [1.807, 2.05) is 0 Å². The Labute approximate surface area is 172 Å². The highest BCUT2D eigenvalue weighted by Crippen LogP contribution is 2.40. The number of amides is 2. The van der Waals surface area contributed by atoms with Gasteiger partial charge in [0.25, 0.3) is 11.8 Å². The number of likely N-dealkylation sites (N-methyl/N-ethyl adjacent to an activating group) is 1. The SMILES string of the molecule is CN1C(=O)C(C)(C)N(C(=O)COc2cccc3c[n+]([O-])ccc23)c2ccc(F)cc21. The molecule has 0 spiro atoms. The van der Waals surface area contributed by atoms with Crippen molar-refractivity contribution in [1.82, 2.24) is 0 Å². The number of hydrogen-bond acceptors (Lipinski definition) is 4. The molecule has 0 atom stereocenters. The number of aromatic nitrogens is 1. The second-order valence-corrected chi connectivity index (χ2v) is 7.64. The zero-order valence-corrected chi connectivity index (χ0v) is 16.8. The van der Waals surface area contributed by atoms with Crippen molar-refractivity contribution < 1.29 is 23.4 Å². The van der Waals surface area contributed by atoms with Crippen LogP contribution in [0, 0.1) is 11.0 Å². The van der Waals surface area contributed by atoms with Crippen LogP contribution in [-0.2, 0) is 9.59 Å². The Morgan fingerprint density at radius 1 is 1.20 bits per heavy atom. The molecular weight excluding hydrogens is 389 g/mol. The molecule has 0 bridgehead atoms. The van der Waals surface area contributed by atoms with Crippen molar-refractivity contribution in [3.05, 3.63) is 65.9 Å². The molecular formula is C22H20FN3O4. The van der Waals surface area contributed by atoms with Crippen LogP contribution in [-0.4, -0.2) is 31.0 Å². The van der Waals surface area contributed by atoms with Crippen LogP contribution in [0.15, 0.2) is 54.9 Å². The standard InChI is InChI=1S/C22H20FN3O4/c1-22(2)21(28)24(3)18-11-15(23)7-8-17(18)26(22)20(27)13-30-19-6-4-5-14-12-25(29)10-9-16(14)19/h4-12H,13H2,1-3H3. The van der Waals surface area contributed by atoms with Crippen molar-refractivity contribution in [2.75, 3.05) is 23.5 Å². The summed E-state index contributed by atoms with van der Waals surface area (Å²) >= 11 is 0. The Balaban J connectivity index is 1.66. The predicted octanol–water partition coefficient (Wildman–Crippen LogP) is 2.78. The van der Waals surface area contributed by atoms with E-state index < -0.39 is 17.3 Å². The molecule has 0 unspecified atom stereocenters. The van der Waals surface area contributed by atoms with E-state index in [0.717, 1.165) is 0 Å². The highest BCUT2D eigenvalue weighted by Gasteiger charge is 2.46. The molecule has 1 aliphatic heterocycles. The average molecular weight is 409 g/mol. The van der Waals surface area contributed by atoms with Crippen molar-refractivity contribution in [3.63, 3.8) is 0 Å². The van der Waals surface area contributed by atoms with Gasteiger partial charge in [-0.2, -0.15) is 4.73 Å². The zero-order valence-electron chi connectivity index (χ0n) is 16.8. The molecule has 2 heterocycles. The molecule has 2 amide bonds. The lowest BCUT2D eigenvalue weighted by Crippen LogP contribution is -2.62. The Morgan fingerprint density at radius 3 is 2.73 bits per heavy atom. The number of anilines is 2. The first-order chi connectivity index (χ1) is 14.2. The molecule has 0 aliphatic carbocycles. The van der Waals surface area contributed by atoms with Gasteiger partial charge in [0.15, 0.2) is 19.0 Å². The van der Waals surface area contributed by atoms with Gasteiger partial charge in [0.05, 0.1) is 16.8 Å².